The van der Waals surface area contributed by atoms with Crippen molar-refractivity contribution in [3.05, 3.63) is 34.3 Å². The zero-order valence-corrected chi connectivity index (χ0v) is 14.6. The minimum Gasteiger partial charge on any atom is -0.388 e. The second-order valence-electron chi connectivity index (χ2n) is 5.44. The summed E-state index contributed by atoms with van der Waals surface area (Å²) in [5.74, 6) is 0.776. The summed E-state index contributed by atoms with van der Waals surface area (Å²) < 4.78 is 1.03. The molecule has 0 aromatic heterocycles. The number of rotatable bonds is 9. The van der Waals surface area contributed by atoms with Crippen LogP contribution in [0.1, 0.15) is 51.7 Å². The third-order valence-electron chi connectivity index (χ3n) is 4.07. The number of nitrogens with zero attached hydrogens (tertiary/aromatic N) is 1. The Balaban J connectivity index is 2.47. The van der Waals surface area contributed by atoms with E-state index >= 15 is 0 Å². The maximum Gasteiger partial charge on any atom is 0.0802 e. The lowest BCUT2D eigenvalue weighted by Crippen LogP contribution is -2.31. The third kappa shape index (κ3) is 5.94. The maximum absolute atomic E-state index is 10.3. The molecule has 1 aromatic carbocycles. The van der Waals surface area contributed by atoms with Crippen LogP contribution >= 0.6 is 15.9 Å². The van der Waals surface area contributed by atoms with Crippen LogP contribution in [0.4, 0.5) is 0 Å². The normalized spacial score (nSPS) is 13.2. The van der Waals surface area contributed by atoms with Crippen LogP contribution in [0.25, 0.3) is 0 Å². The van der Waals surface area contributed by atoms with Gasteiger partial charge in [0.15, 0.2) is 0 Å². The van der Waals surface area contributed by atoms with Crippen LogP contribution in [0.3, 0.4) is 0 Å². The van der Waals surface area contributed by atoms with Crippen LogP contribution in [0.15, 0.2) is 28.7 Å². The standard InChI is InChI=1S/C17H28BrNO/c1-4-14(5-2)13-19(6-3)11-10-17(20)15-8-7-9-16(18)12-15/h7-9,12,14,17,20H,4-6,10-11,13H2,1-3H3. The van der Waals surface area contributed by atoms with Gasteiger partial charge in [0.1, 0.15) is 0 Å². The first-order valence-electron chi connectivity index (χ1n) is 7.76. The van der Waals surface area contributed by atoms with E-state index in [9.17, 15) is 5.11 Å². The summed E-state index contributed by atoms with van der Waals surface area (Å²) in [6.07, 6.45) is 2.90. The Morgan fingerprint density at radius 2 is 1.90 bits per heavy atom. The molecular formula is C17H28BrNO. The van der Waals surface area contributed by atoms with Gasteiger partial charge in [-0.15, -0.1) is 0 Å². The van der Waals surface area contributed by atoms with E-state index in [-0.39, 0.29) is 6.10 Å². The molecule has 1 N–H and O–H groups in total. The summed E-state index contributed by atoms with van der Waals surface area (Å²) in [4.78, 5) is 2.46. The lowest BCUT2D eigenvalue weighted by atomic mass is 10.0. The Hall–Kier alpha value is -0.380. The molecule has 1 aromatic rings. The second-order valence-corrected chi connectivity index (χ2v) is 6.35. The fourth-order valence-electron chi connectivity index (χ4n) is 2.48. The summed E-state index contributed by atoms with van der Waals surface area (Å²) >= 11 is 3.45. The Bertz CT molecular complexity index is 379. The summed E-state index contributed by atoms with van der Waals surface area (Å²) in [6, 6.07) is 7.96. The molecule has 0 saturated heterocycles. The minimum absolute atomic E-state index is 0.372. The van der Waals surface area contributed by atoms with Crippen molar-refractivity contribution < 1.29 is 5.11 Å². The largest absolute Gasteiger partial charge is 0.388 e. The van der Waals surface area contributed by atoms with Crippen LogP contribution in [0.5, 0.6) is 0 Å². The first-order valence-corrected chi connectivity index (χ1v) is 8.55. The second kappa shape index (κ2) is 9.54. The fourth-order valence-corrected chi connectivity index (χ4v) is 2.89. The van der Waals surface area contributed by atoms with Crippen molar-refractivity contribution in [3.63, 3.8) is 0 Å². The molecule has 2 nitrogen and oxygen atoms in total. The highest BCUT2D eigenvalue weighted by Gasteiger charge is 2.13. The average Bonchev–Trinajstić information content (AvgIpc) is 2.47. The zero-order valence-electron chi connectivity index (χ0n) is 13.0. The number of aliphatic hydroxyl groups is 1. The van der Waals surface area contributed by atoms with Crippen molar-refractivity contribution in [2.45, 2.75) is 46.1 Å². The lowest BCUT2D eigenvalue weighted by Gasteiger charge is -2.26. The van der Waals surface area contributed by atoms with Gasteiger partial charge in [-0.05, 0) is 36.6 Å². The lowest BCUT2D eigenvalue weighted by molar-refractivity contribution is 0.136. The minimum atomic E-state index is -0.372. The number of hydrogen-bond acceptors (Lipinski definition) is 2. The topological polar surface area (TPSA) is 23.5 Å². The van der Waals surface area contributed by atoms with Crippen LogP contribution in [-0.2, 0) is 0 Å². The monoisotopic (exact) mass is 341 g/mol. The van der Waals surface area contributed by atoms with E-state index in [1.54, 1.807) is 0 Å². The van der Waals surface area contributed by atoms with Gasteiger partial charge in [-0.2, -0.15) is 0 Å². The Morgan fingerprint density at radius 1 is 1.20 bits per heavy atom. The van der Waals surface area contributed by atoms with Crippen molar-refractivity contribution in [1.82, 2.24) is 4.90 Å². The number of benzene rings is 1. The summed E-state index contributed by atoms with van der Waals surface area (Å²) in [5.41, 5.74) is 0.998. The van der Waals surface area contributed by atoms with Gasteiger partial charge in [0, 0.05) is 17.6 Å². The highest BCUT2D eigenvalue weighted by molar-refractivity contribution is 9.10. The fraction of sp³-hybridized carbons (Fsp3) is 0.647. The first kappa shape index (κ1) is 17.7. The van der Waals surface area contributed by atoms with E-state index in [0.29, 0.717) is 0 Å². The van der Waals surface area contributed by atoms with Crippen molar-refractivity contribution in [2.75, 3.05) is 19.6 Å². The molecule has 0 fully saturated rings. The van der Waals surface area contributed by atoms with Gasteiger partial charge in [-0.3, -0.25) is 0 Å². The Labute approximate surface area is 132 Å². The quantitative estimate of drug-likeness (QED) is 0.707. The van der Waals surface area contributed by atoms with Gasteiger partial charge >= 0.3 is 0 Å². The summed E-state index contributed by atoms with van der Waals surface area (Å²) in [5, 5.41) is 10.3. The Kier molecular flexibility index (Phi) is 8.43. The van der Waals surface area contributed by atoms with Crippen molar-refractivity contribution in [3.8, 4) is 0 Å². The number of hydrogen-bond donors (Lipinski definition) is 1. The van der Waals surface area contributed by atoms with E-state index in [4.69, 9.17) is 0 Å². The first-order chi connectivity index (χ1) is 9.60. The van der Waals surface area contributed by atoms with Gasteiger partial charge in [0.25, 0.3) is 0 Å². The molecule has 20 heavy (non-hydrogen) atoms. The van der Waals surface area contributed by atoms with E-state index in [0.717, 1.165) is 42.0 Å². The summed E-state index contributed by atoms with van der Waals surface area (Å²) in [7, 11) is 0. The maximum atomic E-state index is 10.3. The highest BCUT2D eigenvalue weighted by Crippen LogP contribution is 2.21. The SMILES string of the molecule is CCC(CC)CN(CC)CCC(O)c1cccc(Br)c1. The van der Waals surface area contributed by atoms with E-state index in [2.05, 4.69) is 41.6 Å². The molecule has 1 unspecified atom stereocenters. The molecule has 0 bridgehead atoms. The highest BCUT2D eigenvalue weighted by atomic mass is 79.9. The molecule has 0 spiro atoms. The van der Waals surface area contributed by atoms with Crippen LogP contribution in [0, 0.1) is 5.92 Å². The number of aliphatic hydroxyl groups excluding tert-OH is 1. The molecule has 0 radical (unpaired) electrons. The molecule has 0 aliphatic rings. The van der Waals surface area contributed by atoms with Gasteiger partial charge in [0.05, 0.1) is 6.10 Å². The van der Waals surface area contributed by atoms with Crippen LogP contribution in [0.2, 0.25) is 0 Å². The van der Waals surface area contributed by atoms with Gasteiger partial charge < -0.3 is 10.0 Å². The van der Waals surface area contributed by atoms with Crippen LogP contribution in [-0.4, -0.2) is 29.6 Å². The van der Waals surface area contributed by atoms with Gasteiger partial charge in [-0.25, -0.2) is 0 Å². The van der Waals surface area contributed by atoms with Gasteiger partial charge in [-0.1, -0.05) is 61.7 Å². The third-order valence-corrected chi connectivity index (χ3v) is 4.56. The zero-order chi connectivity index (χ0) is 15.0. The molecule has 1 rings (SSSR count). The predicted molar refractivity (Wildman–Crippen MR) is 89.9 cm³/mol. The molecule has 0 aliphatic heterocycles. The molecule has 0 amide bonds. The van der Waals surface area contributed by atoms with E-state index in [1.807, 2.05) is 24.3 Å². The van der Waals surface area contributed by atoms with Crippen molar-refractivity contribution in [2.24, 2.45) is 5.92 Å². The van der Waals surface area contributed by atoms with Crippen molar-refractivity contribution in [1.29, 1.82) is 0 Å². The van der Waals surface area contributed by atoms with Crippen molar-refractivity contribution >= 4 is 15.9 Å². The predicted octanol–water partition coefficient (Wildman–Crippen LogP) is 4.63. The molecule has 114 valence electrons. The van der Waals surface area contributed by atoms with Gasteiger partial charge in [0.2, 0.25) is 0 Å². The molecule has 1 atom stereocenters. The van der Waals surface area contributed by atoms with E-state index in [1.165, 1.54) is 12.8 Å². The molecule has 0 heterocycles. The average molecular weight is 342 g/mol. The van der Waals surface area contributed by atoms with Crippen LogP contribution < -0.4 is 0 Å². The molecular weight excluding hydrogens is 314 g/mol. The summed E-state index contributed by atoms with van der Waals surface area (Å²) in [6.45, 7) is 9.89. The smallest absolute Gasteiger partial charge is 0.0802 e. The Morgan fingerprint density at radius 3 is 2.45 bits per heavy atom. The van der Waals surface area contributed by atoms with E-state index < -0.39 is 0 Å². The number of halogens is 1. The molecule has 0 saturated carbocycles. The molecule has 3 heteroatoms. The molecule has 0 aliphatic carbocycles.